The molecule has 1 amide bonds. The molecule has 4 aromatic rings. The second kappa shape index (κ2) is 9.09. The van der Waals surface area contributed by atoms with Crippen molar-refractivity contribution in [3.05, 3.63) is 53.3 Å². The number of nitrogens with one attached hydrogen (secondary N) is 1. The number of nitrogen functional groups attached to an aromatic ring is 1. The number of terminal acetylenes is 1. The summed E-state index contributed by atoms with van der Waals surface area (Å²) in [6.07, 6.45) is 7.80. The minimum atomic E-state index is -0.484. The number of nitrogens with zero attached hydrogens (tertiary/aromatic N) is 3. The normalized spacial score (nSPS) is 11.0. The lowest BCUT2D eigenvalue weighted by Gasteiger charge is -2.13. The quantitative estimate of drug-likeness (QED) is 0.257. The van der Waals surface area contributed by atoms with Gasteiger partial charge in [-0.15, -0.1) is 6.42 Å². The van der Waals surface area contributed by atoms with Crippen LogP contribution in [0.25, 0.3) is 21.9 Å². The van der Waals surface area contributed by atoms with Gasteiger partial charge in [0, 0.05) is 23.9 Å². The summed E-state index contributed by atoms with van der Waals surface area (Å²) in [5.74, 6) is 2.85. The van der Waals surface area contributed by atoms with E-state index in [1.807, 2.05) is 28.7 Å². The summed E-state index contributed by atoms with van der Waals surface area (Å²) in [6, 6.07) is 10.1. The number of nitrogens with two attached hydrogens (primary N) is 1. The molecule has 2 heterocycles. The van der Waals surface area contributed by atoms with E-state index in [0.717, 1.165) is 41.6 Å². The first-order valence-corrected chi connectivity index (χ1v) is 10.7. The number of hydrogen-bond donors (Lipinski definition) is 4. The van der Waals surface area contributed by atoms with Gasteiger partial charge in [-0.1, -0.05) is 25.5 Å². The molecule has 4 rings (SSSR count). The van der Waals surface area contributed by atoms with E-state index in [-0.39, 0.29) is 18.0 Å². The zero-order valence-electron chi connectivity index (χ0n) is 18.3. The molecule has 168 valence electrons. The van der Waals surface area contributed by atoms with Gasteiger partial charge in [0.2, 0.25) is 0 Å². The average molecular weight is 444 g/mol. The Bertz CT molecular complexity index is 1400. The van der Waals surface area contributed by atoms with Gasteiger partial charge in [-0.3, -0.25) is 4.79 Å². The van der Waals surface area contributed by atoms with Crippen LogP contribution in [0.4, 0.5) is 5.82 Å². The minimum Gasteiger partial charge on any atom is -0.508 e. The molecule has 0 radical (unpaired) electrons. The molecule has 0 unspecified atom stereocenters. The molecular formula is C25H25N5O3. The van der Waals surface area contributed by atoms with Crippen LogP contribution in [0.3, 0.4) is 0 Å². The summed E-state index contributed by atoms with van der Waals surface area (Å²) >= 11 is 0. The summed E-state index contributed by atoms with van der Waals surface area (Å²) in [4.78, 5) is 20.7. The van der Waals surface area contributed by atoms with Crippen molar-refractivity contribution in [3.63, 3.8) is 0 Å². The molecule has 0 aliphatic rings. The van der Waals surface area contributed by atoms with Gasteiger partial charge >= 0.3 is 0 Å². The van der Waals surface area contributed by atoms with Crippen LogP contribution in [0, 0.1) is 12.3 Å². The molecule has 0 saturated carbocycles. The topological polar surface area (TPSA) is 126 Å². The van der Waals surface area contributed by atoms with Crippen molar-refractivity contribution in [2.24, 2.45) is 0 Å². The number of fused-ring (bicyclic) bond motifs is 3. The van der Waals surface area contributed by atoms with Crippen molar-refractivity contribution < 1.29 is 15.0 Å². The van der Waals surface area contributed by atoms with Crippen LogP contribution in [0.5, 0.6) is 11.5 Å². The Balaban J connectivity index is 1.88. The number of anilines is 1. The number of imidazole rings is 1. The van der Waals surface area contributed by atoms with Crippen molar-refractivity contribution in [1.82, 2.24) is 19.9 Å². The molecule has 8 heteroatoms. The SMILES string of the molecule is C#CC(=O)NCc1ccc2c(c1)nc(N)c1nc(CCCC)n(Cc3cc(O)ccc3O)c12. The van der Waals surface area contributed by atoms with E-state index < -0.39 is 5.91 Å². The van der Waals surface area contributed by atoms with E-state index in [1.165, 1.54) is 12.1 Å². The number of pyridine rings is 1. The Morgan fingerprint density at radius 2 is 2.03 bits per heavy atom. The largest absolute Gasteiger partial charge is 0.508 e. The van der Waals surface area contributed by atoms with Crippen LogP contribution in [-0.4, -0.2) is 30.7 Å². The Labute approximate surface area is 191 Å². The Morgan fingerprint density at radius 1 is 1.21 bits per heavy atom. The predicted molar refractivity (Wildman–Crippen MR) is 128 cm³/mol. The van der Waals surface area contributed by atoms with Crippen molar-refractivity contribution >= 4 is 33.7 Å². The van der Waals surface area contributed by atoms with E-state index in [9.17, 15) is 15.0 Å². The van der Waals surface area contributed by atoms with Crippen LogP contribution >= 0.6 is 0 Å². The Hall–Kier alpha value is -4.25. The molecule has 0 atom stereocenters. The number of carbonyl (C=O) groups excluding carboxylic acids is 1. The number of phenolic OH excluding ortho intramolecular Hbond substituents is 2. The average Bonchev–Trinajstić information content (AvgIpc) is 3.17. The van der Waals surface area contributed by atoms with E-state index >= 15 is 0 Å². The molecule has 33 heavy (non-hydrogen) atoms. The van der Waals surface area contributed by atoms with E-state index in [4.69, 9.17) is 17.1 Å². The number of carbonyl (C=O) groups is 1. The molecule has 2 aromatic carbocycles. The maximum atomic E-state index is 11.4. The first-order valence-electron chi connectivity index (χ1n) is 10.7. The maximum Gasteiger partial charge on any atom is 0.295 e. The van der Waals surface area contributed by atoms with Crippen LogP contribution < -0.4 is 11.1 Å². The molecule has 0 bridgehead atoms. The molecule has 8 nitrogen and oxygen atoms in total. The standard InChI is InChI=1S/C25H25N5O3/c1-3-5-6-21-29-23-24(30(21)14-16-12-17(31)8-10-20(16)32)18-9-7-15(13-27-22(33)4-2)11-19(18)28-25(23)26/h2,7-12,31-32H,3,5-6,13-14H2,1H3,(H2,26,28)(H,27,33). The number of unbranched alkanes of at least 4 members (excludes halogenated alkanes) is 1. The Morgan fingerprint density at radius 3 is 2.79 bits per heavy atom. The van der Waals surface area contributed by atoms with Crippen LogP contribution in [0.2, 0.25) is 0 Å². The number of rotatable bonds is 7. The van der Waals surface area contributed by atoms with Gasteiger partial charge < -0.3 is 25.8 Å². The second-order valence-electron chi connectivity index (χ2n) is 7.90. The zero-order chi connectivity index (χ0) is 23.5. The van der Waals surface area contributed by atoms with Gasteiger partial charge in [0.1, 0.15) is 22.8 Å². The van der Waals surface area contributed by atoms with Crippen LogP contribution in [0.1, 0.15) is 36.7 Å². The van der Waals surface area contributed by atoms with E-state index in [0.29, 0.717) is 29.0 Å². The number of benzene rings is 2. The lowest BCUT2D eigenvalue weighted by Crippen LogP contribution is -2.20. The predicted octanol–water partition coefficient (Wildman–Crippen LogP) is 3.22. The Kier molecular flexibility index (Phi) is 6.05. The zero-order valence-corrected chi connectivity index (χ0v) is 18.3. The highest BCUT2D eigenvalue weighted by Gasteiger charge is 2.19. The van der Waals surface area contributed by atoms with E-state index in [2.05, 4.69) is 17.2 Å². The first-order chi connectivity index (χ1) is 15.9. The second-order valence-corrected chi connectivity index (χ2v) is 7.90. The highest BCUT2D eigenvalue weighted by molar-refractivity contribution is 6.06. The van der Waals surface area contributed by atoms with Crippen molar-refractivity contribution in [3.8, 4) is 23.8 Å². The number of amides is 1. The molecule has 5 N–H and O–H groups in total. The van der Waals surface area contributed by atoms with E-state index in [1.54, 1.807) is 6.07 Å². The summed E-state index contributed by atoms with van der Waals surface area (Å²) in [5, 5.41) is 23.8. The number of aromatic hydroxyl groups is 2. The van der Waals surface area contributed by atoms with Gasteiger partial charge in [0.25, 0.3) is 5.91 Å². The molecule has 0 aliphatic heterocycles. The van der Waals surface area contributed by atoms with Gasteiger partial charge in [-0.2, -0.15) is 0 Å². The fourth-order valence-electron chi connectivity index (χ4n) is 3.91. The fraction of sp³-hybridized carbons (Fsp3) is 0.240. The lowest BCUT2D eigenvalue weighted by molar-refractivity contribution is -0.115. The summed E-state index contributed by atoms with van der Waals surface area (Å²) in [5.41, 5.74) is 9.78. The monoisotopic (exact) mass is 443 g/mol. The number of aryl methyl sites for hydroxylation is 1. The lowest BCUT2D eigenvalue weighted by atomic mass is 10.1. The number of hydrogen-bond acceptors (Lipinski definition) is 6. The van der Waals surface area contributed by atoms with Gasteiger partial charge in [-0.25, -0.2) is 9.97 Å². The molecule has 0 aliphatic carbocycles. The highest BCUT2D eigenvalue weighted by Crippen LogP contribution is 2.32. The maximum absolute atomic E-state index is 11.4. The molecular weight excluding hydrogens is 418 g/mol. The van der Waals surface area contributed by atoms with Crippen molar-refractivity contribution in [2.45, 2.75) is 39.3 Å². The molecule has 0 spiro atoms. The van der Waals surface area contributed by atoms with Crippen molar-refractivity contribution in [1.29, 1.82) is 0 Å². The molecule has 0 saturated heterocycles. The fourth-order valence-corrected chi connectivity index (χ4v) is 3.91. The third-order valence-corrected chi connectivity index (χ3v) is 5.58. The highest BCUT2D eigenvalue weighted by atomic mass is 16.3. The van der Waals surface area contributed by atoms with Gasteiger partial charge in [0.05, 0.1) is 17.6 Å². The van der Waals surface area contributed by atoms with Gasteiger partial charge in [0.15, 0.2) is 5.82 Å². The summed E-state index contributed by atoms with van der Waals surface area (Å²) in [6.45, 7) is 2.70. The van der Waals surface area contributed by atoms with Crippen LogP contribution in [0.15, 0.2) is 36.4 Å². The molecule has 0 fully saturated rings. The first kappa shape index (κ1) is 22.0. The van der Waals surface area contributed by atoms with Gasteiger partial charge in [-0.05, 0) is 42.2 Å². The smallest absolute Gasteiger partial charge is 0.295 e. The summed E-state index contributed by atoms with van der Waals surface area (Å²) in [7, 11) is 0. The third kappa shape index (κ3) is 4.39. The van der Waals surface area contributed by atoms with Crippen molar-refractivity contribution in [2.75, 3.05) is 5.73 Å². The number of phenols is 2. The minimum absolute atomic E-state index is 0.0759. The third-order valence-electron chi connectivity index (χ3n) is 5.58. The summed E-state index contributed by atoms with van der Waals surface area (Å²) < 4.78 is 2.03. The van der Waals surface area contributed by atoms with Crippen LogP contribution in [-0.2, 0) is 24.3 Å². The molecule has 2 aromatic heterocycles. The number of aromatic nitrogens is 3.